The number of anilines is 1. The highest BCUT2D eigenvalue weighted by molar-refractivity contribution is 8.18. The molecule has 0 saturated carbocycles. The number of para-hydroxylation sites is 1. The van der Waals surface area contributed by atoms with Gasteiger partial charge in [-0.05, 0) is 42.4 Å². The van der Waals surface area contributed by atoms with Crippen LogP contribution < -0.4 is 15.5 Å². The molecule has 2 amide bonds. The molecule has 0 bridgehead atoms. The van der Waals surface area contributed by atoms with Crippen molar-refractivity contribution in [2.45, 2.75) is 6.42 Å². The van der Waals surface area contributed by atoms with Gasteiger partial charge in [0.25, 0.3) is 11.1 Å². The van der Waals surface area contributed by atoms with Crippen LogP contribution in [0, 0.1) is 0 Å². The molecule has 2 heterocycles. The minimum absolute atomic E-state index is 0. The normalized spacial score (nSPS) is 20.5. The largest absolute Gasteiger partial charge is 0.370 e. The molecule has 1 aromatic rings. The number of carbonyl (C=O) groups excluding carboxylic acids is 2. The molecule has 0 radical (unpaired) electrons. The number of nitrogens with zero attached hydrogens (tertiary/aromatic N) is 1. The Bertz CT molecular complexity index is 598. The molecule has 3 rings (SSSR count). The molecule has 0 aromatic heterocycles. The summed E-state index contributed by atoms with van der Waals surface area (Å²) in [6, 6.07) is 8.00. The maximum absolute atomic E-state index is 11.7. The van der Waals surface area contributed by atoms with E-state index < -0.39 is 0 Å². The van der Waals surface area contributed by atoms with Gasteiger partial charge in [-0.2, -0.15) is 0 Å². The number of hydrogen-bond acceptors (Lipinski definition) is 5. The van der Waals surface area contributed by atoms with Gasteiger partial charge in [-0.15, -0.1) is 12.4 Å². The molecule has 0 unspecified atom stereocenters. The van der Waals surface area contributed by atoms with Crippen molar-refractivity contribution in [1.29, 1.82) is 0 Å². The summed E-state index contributed by atoms with van der Waals surface area (Å²) >= 11 is 0.959. The van der Waals surface area contributed by atoms with Gasteiger partial charge in [0, 0.05) is 25.3 Å². The van der Waals surface area contributed by atoms with E-state index in [0.717, 1.165) is 55.6 Å². The molecular formula is C15H18ClN3O2S. The number of amides is 2. The SMILES string of the molecule is Cl.O=C1NC(=O)C(=Cc2ccccc2N2CCCNCC2)S1. The average Bonchev–Trinajstić information content (AvgIpc) is 2.70. The fourth-order valence-electron chi connectivity index (χ4n) is 2.55. The van der Waals surface area contributed by atoms with Crippen LogP contribution in [0.4, 0.5) is 10.5 Å². The van der Waals surface area contributed by atoms with Crippen LogP contribution in [0.1, 0.15) is 12.0 Å². The minimum Gasteiger partial charge on any atom is -0.370 e. The van der Waals surface area contributed by atoms with Crippen LogP contribution in [0.5, 0.6) is 0 Å². The maximum Gasteiger partial charge on any atom is 0.290 e. The lowest BCUT2D eigenvalue weighted by Crippen LogP contribution is -2.28. The van der Waals surface area contributed by atoms with E-state index in [0.29, 0.717) is 4.91 Å². The highest BCUT2D eigenvalue weighted by atomic mass is 35.5. The van der Waals surface area contributed by atoms with E-state index in [9.17, 15) is 9.59 Å². The summed E-state index contributed by atoms with van der Waals surface area (Å²) in [6.45, 7) is 3.93. The van der Waals surface area contributed by atoms with Crippen LogP contribution in [-0.4, -0.2) is 37.3 Å². The smallest absolute Gasteiger partial charge is 0.290 e. The molecule has 2 aliphatic heterocycles. The molecule has 22 heavy (non-hydrogen) atoms. The van der Waals surface area contributed by atoms with Crippen LogP contribution in [-0.2, 0) is 4.79 Å². The summed E-state index contributed by atoms with van der Waals surface area (Å²) in [6.07, 6.45) is 2.90. The van der Waals surface area contributed by atoms with Crippen molar-refractivity contribution in [2.75, 3.05) is 31.1 Å². The van der Waals surface area contributed by atoms with Gasteiger partial charge in [-0.3, -0.25) is 14.9 Å². The van der Waals surface area contributed by atoms with Crippen molar-refractivity contribution >= 4 is 47.1 Å². The third kappa shape index (κ3) is 3.82. The molecule has 1 aromatic carbocycles. The fraction of sp³-hybridized carbons (Fsp3) is 0.333. The van der Waals surface area contributed by atoms with Crippen LogP contribution >= 0.6 is 24.2 Å². The van der Waals surface area contributed by atoms with Crippen molar-refractivity contribution in [3.8, 4) is 0 Å². The van der Waals surface area contributed by atoms with Crippen LogP contribution in [0.15, 0.2) is 29.2 Å². The van der Waals surface area contributed by atoms with Crippen molar-refractivity contribution in [1.82, 2.24) is 10.6 Å². The van der Waals surface area contributed by atoms with E-state index in [4.69, 9.17) is 0 Å². The summed E-state index contributed by atoms with van der Waals surface area (Å²) < 4.78 is 0. The van der Waals surface area contributed by atoms with Crippen LogP contribution in [0.2, 0.25) is 0 Å². The quantitative estimate of drug-likeness (QED) is 0.809. The number of carbonyl (C=O) groups is 2. The van der Waals surface area contributed by atoms with E-state index >= 15 is 0 Å². The number of hydrogen-bond donors (Lipinski definition) is 2. The van der Waals surface area contributed by atoms with Gasteiger partial charge in [0.15, 0.2) is 0 Å². The van der Waals surface area contributed by atoms with Gasteiger partial charge in [0.05, 0.1) is 4.91 Å². The Morgan fingerprint density at radius 1 is 1.14 bits per heavy atom. The zero-order chi connectivity index (χ0) is 14.7. The molecule has 0 spiro atoms. The highest BCUT2D eigenvalue weighted by Crippen LogP contribution is 2.29. The third-order valence-corrected chi connectivity index (χ3v) is 4.36. The van der Waals surface area contributed by atoms with Gasteiger partial charge >= 0.3 is 0 Å². The molecule has 0 atom stereocenters. The monoisotopic (exact) mass is 339 g/mol. The van der Waals surface area contributed by atoms with E-state index in [1.165, 1.54) is 0 Å². The number of halogens is 1. The number of benzene rings is 1. The Labute approximate surface area is 139 Å². The topological polar surface area (TPSA) is 61.4 Å². The Hall–Kier alpha value is -1.50. The third-order valence-electron chi connectivity index (χ3n) is 3.55. The Kier molecular flexibility index (Phi) is 5.88. The lowest BCUT2D eigenvalue weighted by Gasteiger charge is -2.24. The summed E-state index contributed by atoms with van der Waals surface area (Å²) in [7, 11) is 0. The Morgan fingerprint density at radius 2 is 1.95 bits per heavy atom. The van der Waals surface area contributed by atoms with Gasteiger partial charge < -0.3 is 10.2 Å². The second-order valence-electron chi connectivity index (χ2n) is 5.00. The lowest BCUT2D eigenvalue weighted by molar-refractivity contribution is -0.115. The summed E-state index contributed by atoms with van der Waals surface area (Å²) in [5, 5.41) is 5.37. The van der Waals surface area contributed by atoms with Crippen LogP contribution in [0.3, 0.4) is 0 Å². The molecular weight excluding hydrogens is 322 g/mol. The maximum atomic E-state index is 11.7. The molecule has 0 aliphatic carbocycles. The van der Waals surface area contributed by atoms with E-state index in [1.807, 2.05) is 18.2 Å². The summed E-state index contributed by atoms with van der Waals surface area (Å²) in [5.41, 5.74) is 2.09. The second-order valence-corrected chi connectivity index (χ2v) is 6.02. The minimum atomic E-state index is -0.308. The average molecular weight is 340 g/mol. The Balaban J connectivity index is 0.00000176. The zero-order valence-electron chi connectivity index (χ0n) is 12.0. The first-order valence-electron chi connectivity index (χ1n) is 7.03. The van der Waals surface area contributed by atoms with Gasteiger partial charge in [-0.1, -0.05) is 18.2 Å². The van der Waals surface area contributed by atoms with Gasteiger partial charge in [-0.25, -0.2) is 0 Å². The molecule has 2 fully saturated rings. The summed E-state index contributed by atoms with van der Waals surface area (Å²) in [4.78, 5) is 25.7. The predicted molar refractivity (Wildman–Crippen MR) is 92.5 cm³/mol. The van der Waals surface area contributed by atoms with Crippen molar-refractivity contribution in [2.24, 2.45) is 0 Å². The second kappa shape index (κ2) is 7.67. The lowest BCUT2D eigenvalue weighted by atomic mass is 10.1. The fourth-order valence-corrected chi connectivity index (χ4v) is 3.22. The molecule has 2 aliphatic rings. The van der Waals surface area contributed by atoms with Crippen molar-refractivity contribution in [3.05, 3.63) is 34.7 Å². The number of rotatable bonds is 2. The standard InChI is InChI=1S/C15H17N3O2S.ClH/c19-14-13(21-15(20)17-14)10-11-4-1-2-5-12(11)18-8-3-6-16-7-9-18;/h1-2,4-5,10,16H,3,6-9H2,(H,17,19,20);1H. The van der Waals surface area contributed by atoms with E-state index in [2.05, 4.69) is 21.6 Å². The first kappa shape index (κ1) is 16.9. The zero-order valence-corrected chi connectivity index (χ0v) is 13.6. The van der Waals surface area contributed by atoms with Gasteiger partial charge in [0.1, 0.15) is 0 Å². The van der Waals surface area contributed by atoms with Crippen LogP contribution in [0.25, 0.3) is 6.08 Å². The first-order chi connectivity index (χ1) is 10.2. The van der Waals surface area contributed by atoms with E-state index in [-0.39, 0.29) is 23.6 Å². The number of thioether (sulfide) groups is 1. The van der Waals surface area contributed by atoms with Crippen molar-refractivity contribution in [3.63, 3.8) is 0 Å². The van der Waals surface area contributed by atoms with Crippen molar-refractivity contribution < 1.29 is 9.59 Å². The van der Waals surface area contributed by atoms with E-state index in [1.54, 1.807) is 6.08 Å². The number of imide groups is 1. The van der Waals surface area contributed by atoms with Gasteiger partial charge in [0.2, 0.25) is 0 Å². The number of nitrogens with one attached hydrogen (secondary N) is 2. The molecule has 7 heteroatoms. The molecule has 5 nitrogen and oxygen atoms in total. The molecule has 118 valence electrons. The highest BCUT2D eigenvalue weighted by Gasteiger charge is 2.25. The molecule has 2 N–H and O–H groups in total. The predicted octanol–water partition coefficient (Wildman–Crippen LogP) is 2.23. The first-order valence-corrected chi connectivity index (χ1v) is 7.85. The Morgan fingerprint density at radius 3 is 2.73 bits per heavy atom. The molecule has 2 saturated heterocycles. The summed E-state index contributed by atoms with van der Waals surface area (Å²) in [5.74, 6) is -0.308.